The number of benzene rings is 1. The number of hydrogen-bond donors (Lipinski definition) is 2. The number of aromatic nitrogens is 2. The van der Waals surface area contributed by atoms with Gasteiger partial charge in [-0.2, -0.15) is 13.1 Å². The number of carboxylic acid groups (broad SMARTS) is 1. The van der Waals surface area contributed by atoms with Crippen molar-refractivity contribution in [3.63, 3.8) is 0 Å². The summed E-state index contributed by atoms with van der Waals surface area (Å²) in [6.07, 6.45) is 0.650. The third-order valence-electron chi connectivity index (χ3n) is 4.33. The average molecular weight is 398 g/mol. The summed E-state index contributed by atoms with van der Waals surface area (Å²) in [6.45, 7) is 0.534. The van der Waals surface area contributed by atoms with E-state index < -0.39 is 16.0 Å². The van der Waals surface area contributed by atoms with E-state index in [1.165, 1.54) is 10.4 Å². The molecule has 26 heavy (non-hydrogen) atoms. The summed E-state index contributed by atoms with van der Waals surface area (Å²) in [5.41, 5.74) is 0.912. The van der Waals surface area contributed by atoms with Crippen molar-refractivity contribution in [2.24, 2.45) is 5.92 Å². The first kappa shape index (κ1) is 18.7. The van der Waals surface area contributed by atoms with Crippen LogP contribution in [0.3, 0.4) is 0 Å². The van der Waals surface area contributed by atoms with Crippen LogP contribution < -0.4 is 5.32 Å². The maximum atomic E-state index is 12.9. The summed E-state index contributed by atoms with van der Waals surface area (Å²) in [6, 6.07) is 4.87. The predicted octanol–water partition coefficient (Wildman–Crippen LogP) is 0.683. The van der Waals surface area contributed by atoms with E-state index in [0.29, 0.717) is 23.9 Å². The Hall–Kier alpha value is -2.11. The van der Waals surface area contributed by atoms with Crippen molar-refractivity contribution in [3.05, 3.63) is 18.2 Å². The van der Waals surface area contributed by atoms with Gasteiger partial charge in [0, 0.05) is 25.6 Å². The molecular weight excluding hydrogens is 380 g/mol. The number of carbonyl (C=O) groups is 2. The summed E-state index contributed by atoms with van der Waals surface area (Å²) in [5, 5.41) is 11.2. The maximum absolute atomic E-state index is 12.9. The molecule has 9 nitrogen and oxygen atoms in total. The normalized spacial score (nSPS) is 16.6. The highest BCUT2D eigenvalue weighted by Crippen LogP contribution is 2.28. The van der Waals surface area contributed by atoms with Gasteiger partial charge in [-0.15, -0.1) is 0 Å². The highest BCUT2D eigenvalue weighted by atomic mass is 32.2. The number of nitrogens with one attached hydrogen (secondary N) is 1. The minimum Gasteiger partial charge on any atom is -0.481 e. The largest absolute Gasteiger partial charge is 0.481 e. The van der Waals surface area contributed by atoms with Gasteiger partial charge in [0.1, 0.15) is 15.9 Å². The summed E-state index contributed by atoms with van der Waals surface area (Å²) < 4.78 is 35.4. The zero-order chi connectivity index (χ0) is 18.7. The Kier molecular flexibility index (Phi) is 5.49. The number of carbonyl (C=O) groups excluding carboxylic acids is 1. The van der Waals surface area contributed by atoms with Crippen molar-refractivity contribution in [2.45, 2.75) is 24.2 Å². The predicted molar refractivity (Wildman–Crippen MR) is 94.2 cm³/mol. The number of aliphatic carboxylic acids is 1. The van der Waals surface area contributed by atoms with Crippen molar-refractivity contribution >= 4 is 44.7 Å². The lowest BCUT2D eigenvalue weighted by atomic mass is 9.97. The molecule has 1 aliphatic rings. The van der Waals surface area contributed by atoms with Crippen LogP contribution in [-0.2, 0) is 19.6 Å². The van der Waals surface area contributed by atoms with Crippen LogP contribution in [0.2, 0.25) is 0 Å². The zero-order valence-corrected chi connectivity index (χ0v) is 15.4. The molecule has 1 fully saturated rings. The molecule has 1 aromatic heterocycles. The summed E-state index contributed by atoms with van der Waals surface area (Å²) in [4.78, 5) is 22.7. The van der Waals surface area contributed by atoms with Gasteiger partial charge in [-0.05, 0) is 25.0 Å². The fraction of sp³-hybridized carbons (Fsp3) is 0.467. The summed E-state index contributed by atoms with van der Waals surface area (Å²) >= 11 is 0.966. The number of sulfonamides is 1. The molecule has 11 heteroatoms. The van der Waals surface area contributed by atoms with Crippen LogP contribution in [0.1, 0.15) is 19.3 Å². The molecule has 3 rings (SSSR count). The van der Waals surface area contributed by atoms with E-state index in [9.17, 15) is 18.0 Å². The van der Waals surface area contributed by atoms with Gasteiger partial charge in [0.25, 0.3) is 0 Å². The smallest absolute Gasteiger partial charge is 0.305 e. The molecule has 1 aliphatic heterocycles. The highest BCUT2D eigenvalue weighted by molar-refractivity contribution is 7.89. The van der Waals surface area contributed by atoms with E-state index in [1.807, 2.05) is 0 Å². The van der Waals surface area contributed by atoms with Gasteiger partial charge < -0.3 is 10.4 Å². The Morgan fingerprint density at radius 1 is 1.27 bits per heavy atom. The van der Waals surface area contributed by atoms with Crippen LogP contribution in [0, 0.1) is 5.92 Å². The van der Waals surface area contributed by atoms with Gasteiger partial charge in [0.15, 0.2) is 0 Å². The standard InChI is InChI=1S/C15H18N4O5S2/c20-13(21)4-7-16-15(22)10-5-8-19(9-6-10)26(23,24)12-3-1-2-11-14(12)18-25-17-11/h1-3,10H,4-9H2,(H,16,22)(H,20,21). The second-order valence-corrected chi connectivity index (χ2v) is 8.44. The molecule has 0 unspecified atom stereocenters. The van der Waals surface area contributed by atoms with Crippen molar-refractivity contribution in [1.82, 2.24) is 18.4 Å². The molecule has 1 saturated heterocycles. The molecule has 2 N–H and O–H groups in total. The van der Waals surface area contributed by atoms with Gasteiger partial charge >= 0.3 is 5.97 Å². The first-order valence-electron chi connectivity index (χ1n) is 8.10. The first-order valence-corrected chi connectivity index (χ1v) is 10.3. The lowest BCUT2D eigenvalue weighted by Crippen LogP contribution is -2.43. The Balaban J connectivity index is 1.65. The van der Waals surface area contributed by atoms with Crippen LogP contribution in [-0.4, -0.2) is 58.1 Å². The van der Waals surface area contributed by atoms with E-state index in [0.717, 1.165) is 11.7 Å². The zero-order valence-electron chi connectivity index (χ0n) is 13.8. The van der Waals surface area contributed by atoms with Crippen LogP contribution in [0.15, 0.2) is 23.1 Å². The van der Waals surface area contributed by atoms with E-state index in [2.05, 4.69) is 14.1 Å². The molecule has 1 aromatic carbocycles. The van der Waals surface area contributed by atoms with Gasteiger partial charge in [-0.25, -0.2) is 8.42 Å². The molecule has 0 spiro atoms. The van der Waals surface area contributed by atoms with Crippen LogP contribution in [0.4, 0.5) is 0 Å². The molecule has 0 bridgehead atoms. The minimum absolute atomic E-state index is 0.0749. The number of amides is 1. The van der Waals surface area contributed by atoms with E-state index >= 15 is 0 Å². The monoisotopic (exact) mass is 398 g/mol. The minimum atomic E-state index is -3.71. The molecule has 2 aromatic rings. The molecule has 2 heterocycles. The fourth-order valence-electron chi connectivity index (χ4n) is 2.92. The Bertz CT molecular complexity index is 919. The number of hydrogen-bond acceptors (Lipinski definition) is 7. The SMILES string of the molecule is O=C(O)CCNC(=O)C1CCN(S(=O)(=O)c2cccc3nsnc23)CC1. The van der Waals surface area contributed by atoms with Crippen LogP contribution in [0.5, 0.6) is 0 Å². The Morgan fingerprint density at radius 3 is 2.69 bits per heavy atom. The van der Waals surface area contributed by atoms with Crippen LogP contribution in [0.25, 0.3) is 11.0 Å². The van der Waals surface area contributed by atoms with Gasteiger partial charge in [-0.1, -0.05) is 6.07 Å². The molecule has 140 valence electrons. The van der Waals surface area contributed by atoms with Crippen molar-refractivity contribution < 1.29 is 23.1 Å². The number of fused-ring (bicyclic) bond motifs is 1. The third kappa shape index (κ3) is 3.84. The van der Waals surface area contributed by atoms with Gasteiger partial charge in [0.05, 0.1) is 18.1 Å². The highest BCUT2D eigenvalue weighted by Gasteiger charge is 2.33. The van der Waals surface area contributed by atoms with E-state index in [1.54, 1.807) is 12.1 Å². The molecule has 0 saturated carbocycles. The summed E-state index contributed by atoms with van der Waals surface area (Å²) in [5.74, 6) is -1.52. The Labute approximate surface area is 154 Å². The number of carboxylic acids is 1. The maximum Gasteiger partial charge on any atom is 0.305 e. The third-order valence-corrected chi connectivity index (χ3v) is 6.80. The molecule has 0 radical (unpaired) electrons. The first-order chi connectivity index (χ1) is 12.4. The second kappa shape index (κ2) is 7.64. The summed E-state index contributed by atoms with van der Waals surface area (Å²) in [7, 11) is -3.71. The van der Waals surface area contributed by atoms with E-state index in [4.69, 9.17) is 5.11 Å². The van der Waals surface area contributed by atoms with Gasteiger partial charge in [0.2, 0.25) is 15.9 Å². The molecule has 0 aliphatic carbocycles. The Morgan fingerprint density at radius 2 is 2.00 bits per heavy atom. The molecule has 0 atom stereocenters. The topological polar surface area (TPSA) is 130 Å². The lowest BCUT2D eigenvalue weighted by molar-refractivity contribution is -0.137. The molecular formula is C15H18N4O5S2. The molecule has 1 amide bonds. The van der Waals surface area contributed by atoms with E-state index in [-0.39, 0.29) is 42.8 Å². The van der Waals surface area contributed by atoms with Gasteiger partial charge in [-0.3, -0.25) is 9.59 Å². The second-order valence-electron chi connectivity index (χ2n) is 6.00. The average Bonchev–Trinajstić information content (AvgIpc) is 3.10. The fourth-order valence-corrected chi connectivity index (χ4v) is 5.15. The number of piperidine rings is 1. The quantitative estimate of drug-likeness (QED) is 0.732. The number of nitrogens with zero attached hydrogens (tertiary/aromatic N) is 3. The van der Waals surface area contributed by atoms with Crippen LogP contribution >= 0.6 is 11.7 Å². The van der Waals surface area contributed by atoms with Crippen molar-refractivity contribution in [1.29, 1.82) is 0 Å². The van der Waals surface area contributed by atoms with Crippen molar-refractivity contribution in [2.75, 3.05) is 19.6 Å². The lowest BCUT2D eigenvalue weighted by Gasteiger charge is -2.30. The number of rotatable bonds is 6. The van der Waals surface area contributed by atoms with Crippen molar-refractivity contribution in [3.8, 4) is 0 Å².